The molecule has 0 aromatic heterocycles. The molecule has 2 rings (SSSR count). The molecular weight excluding hydrogens is 240 g/mol. The Hall–Kier alpha value is -0.610. The summed E-state index contributed by atoms with van der Waals surface area (Å²) in [6, 6.07) is 0.893. The number of hydrogen-bond acceptors (Lipinski definition) is 3. The second kappa shape index (κ2) is 6.71. The zero-order valence-corrected chi connectivity index (χ0v) is 12.6. The minimum absolute atomic E-state index is 0.196. The van der Waals surface area contributed by atoms with Crippen molar-refractivity contribution in [2.75, 3.05) is 26.2 Å². The van der Waals surface area contributed by atoms with Gasteiger partial charge in [-0.3, -0.25) is 9.69 Å². The number of fused-ring (bicyclic) bond motifs is 1. The third-order valence-electron chi connectivity index (χ3n) is 4.48. The molecule has 4 nitrogen and oxygen atoms in total. The first kappa shape index (κ1) is 14.8. The second-order valence-electron chi connectivity index (χ2n) is 5.84. The molecule has 0 unspecified atom stereocenters. The number of nitrogens with zero attached hydrogens (tertiary/aromatic N) is 2. The van der Waals surface area contributed by atoms with E-state index in [9.17, 15) is 4.79 Å². The molecule has 0 bridgehead atoms. The fraction of sp³-hybridized carbons (Fsp3) is 0.933. The van der Waals surface area contributed by atoms with Crippen LogP contribution in [0.15, 0.2) is 0 Å². The molecular formula is C15H28N2O2. The summed E-state index contributed by atoms with van der Waals surface area (Å²) in [7, 11) is 0. The fourth-order valence-electron chi connectivity index (χ4n) is 3.41. The molecule has 0 N–H and O–H groups in total. The van der Waals surface area contributed by atoms with Gasteiger partial charge < -0.3 is 9.64 Å². The predicted molar refractivity (Wildman–Crippen MR) is 76.1 cm³/mol. The lowest BCUT2D eigenvalue weighted by atomic mass is 9.96. The SMILES string of the molecule is CCO[C@H](CC)C(=O)N1C[C@@H]2CCCCN2C[C@@H]1C. The van der Waals surface area contributed by atoms with E-state index in [1.54, 1.807) is 0 Å². The average Bonchev–Trinajstić information content (AvgIpc) is 2.43. The van der Waals surface area contributed by atoms with E-state index >= 15 is 0 Å². The summed E-state index contributed by atoms with van der Waals surface area (Å²) in [5.74, 6) is 0.196. The van der Waals surface area contributed by atoms with Crippen LogP contribution in [0.4, 0.5) is 0 Å². The molecule has 0 spiro atoms. The summed E-state index contributed by atoms with van der Waals surface area (Å²) in [5, 5.41) is 0. The zero-order valence-electron chi connectivity index (χ0n) is 12.6. The molecule has 2 aliphatic rings. The molecule has 0 aromatic carbocycles. The van der Waals surface area contributed by atoms with Gasteiger partial charge in [0.15, 0.2) is 0 Å². The lowest BCUT2D eigenvalue weighted by molar-refractivity contribution is -0.150. The molecule has 2 fully saturated rings. The topological polar surface area (TPSA) is 32.8 Å². The van der Waals surface area contributed by atoms with Crippen LogP contribution in [0, 0.1) is 0 Å². The van der Waals surface area contributed by atoms with Crippen LogP contribution in [-0.4, -0.2) is 60.1 Å². The summed E-state index contributed by atoms with van der Waals surface area (Å²) in [4.78, 5) is 17.2. The zero-order chi connectivity index (χ0) is 13.8. The molecule has 0 aromatic rings. The highest BCUT2D eigenvalue weighted by molar-refractivity contribution is 5.81. The monoisotopic (exact) mass is 268 g/mol. The molecule has 4 heteroatoms. The van der Waals surface area contributed by atoms with E-state index in [4.69, 9.17) is 4.74 Å². The van der Waals surface area contributed by atoms with E-state index in [2.05, 4.69) is 16.7 Å². The number of ether oxygens (including phenoxy) is 1. The van der Waals surface area contributed by atoms with E-state index in [1.165, 1.54) is 25.8 Å². The lowest BCUT2D eigenvalue weighted by Gasteiger charge is -2.48. The van der Waals surface area contributed by atoms with Crippen molar-refractivity contribution in [2.24, 2.45) is 0 Å². The Morgan fingerprint density at radius 1 is 1.32 bits per heavy atom. The maximum atomic E-state index is 12.6. The third kappa shape index (κ3) is 3.29. The maximum Gasteiger partial charge on any atom is 0.252 e. The first-order chi connectivity index (χ1) is 9.17. The van der Waals surface area contributed by atoms with E-state index < -0.39 is 0 Å². The van der Waals surface area contributed by atoms with Gasteiger partial charge >= 0.3 is 0 Å². The van der Waals surface area contributed by atoms with E-state index in [0.717, 1.165) is 19.5 Å². The molecule has 0 saturated carbocycles. The molecule has 2 heterocycles. The molecule has 2 saturated heterocycles. The van der Waals surface area contributed by atoms with Crippen molar-refractivity contribution in [3.8, 4) is 0 Å². The number of hydrogen-bond donors (Lipinski definition) is 0. The van der Waals surface area contributed by atoms with Gasteiger partial charge in [0.1, 0.15) is 6.10 Å². The summed E-state index contributed by atoms with van der Waals surface area (Å²) >= 11 is 0. The molecule has 19 heavy (non-hydrogen) atoms. The number of piperazine rings is 1. The van der Waals surface area contributed by atoms with E-state index in [1.807, 2.05) is 13.8 Å². The predicted octanol–water partition coefficient (Wildman–Crippen LogP) is 1.89. The lowest BCUT2D eigenvalue weighted by Crippen LogP contribution is -2.61. The quantitative estimate of drug-likeness (QED) is 0.780. The average molecular weight is 268 g/mol. The Morgan fingerprint density at radius 2 is 2.11 bits per heavy atom. The van der Waals surface area contributed by atoms with Gasteiger partial charge in [0.25, 0.3) is 5.91 Å². The Kier molecular flexibility index (Phi) is 5.22. The Bertz CT molecular complexity index is 309. The van der Waals surface area contributed by atoms with Crippen molar-refractivity contribution in [3.63, 3.8) is 0 Å². The summed E-state index contributed by atoms with van der Waals surface area (Å²) < 4.78 is 5.59. The van der Waals surface area contributed by atoms with Crippen LogP contribution in [0.5, 0.6) is 0 Å². The minimum atomic E-state index is -0.248. The molecule has 3 atom stereocenters. The van der Waals surface area contributed by atoms with Gasteiger partial charge in [-0.15, -0.1) is 0 Å². The van der Waals surface area contributed by atoms with Crippen LogP contribution in [-0.2, 0) is 9.53 Å². The van der Waals surface area contributed by atoms with Gasteiger partial charge in [-0.05, 0) is 39.7 Å². The minimum Gasteiger partial charge on any atom is -0.369 e. The van der Waals surface area contributed by atoms with Crippen molar-refractivity contribution in [1.82, 2.24) is 9.80 Å². The number of piperidine rings is 1. The van der Waals surface area contributed by atoms with Crippen LogP contribution in [0.1, 0.15) is 46.5 Å². The largest absolute Gasteiger partial charge is 0.369 e. The Balaban J connectivity index is 2.00. The maximum absolute atomic E-state index is 12.6. The number of carbonyl (C=O) groups excluding carboxylic acids is 1. The smallest absolute Gasteiger partial charge is 0.252 e. The highest BCUT2D eigenvalue weighted by Gasteiger charge is 2.37. The molecule has 0 aliphatic carbocycles. The van der Waals surface area contributed by atoms with Gasteiger partial charge in [-0.25, -0.2) is 0 Å². The molecule has 1 amide bonds. The second-order valence-corrected chi connectivity index (χ2v) is 5.84. The van der Waals surface area contributed by atoms with Crippen LogP contribution in [0.3, 0.4) is 0 Å². The van der Waals surface area contributed by atoms with Crippen LogP contribution in [0.25, 0.3) is 0 Å². The normalized spacial score (nSPS) is 29.9. The highest BCUT2D eigenvalue weighted by atomic mass is 16.5. The third-order valence-corrected chi connectivity index (χ3v) is 4.48. The molecule has 2 aliphatic heterocycles. The van der Waals surface area contributed by atoms with Gasteiger partial charge in [0, 0.05) is 31.8 Å². The summed E-state index contributed by atoms with van der Waals surface area (Å²) in [5.41, 5.74) is 0. The van der Waals surface area contributed by atoms with Crippen LogP contribution in [0.2, 0.25) is 0 Å². The van der Waals surface area contributed by atoms with E-state index in [0.29, 0.717) is 18.7 Å². The number of amides is 1. The first-order valence-electron chi connectivity index (χ1n) is 7.83. The number of rotatable bonds is 4. The van der Waals surface area contributed by atoms with Gasteiger partial charge in [0.2, 0.25) is 0 Å². The van der Waals surface area contributed by atoms with Gasteiger partial charge in [-0.1, -0.05) is 13.3 Å². The number of carbonyl (C=O) groups is 1. The highest BCUT2D eigenvalue weighted by Crippen LogP contribution is 2.25. The van der Waals surface area contributed by atoms with Crippen molar-refractivity contribution in [3.05, 3.63) is 0 Å². The van der Waals surface area contributed by atoms with E-state index in [-0.39, 0.29) is 12.0 Å². The first-order valence-corrected chi connectivity index (χ1v) is 7.83. The van der Waals surface area contributed by atoms with Gasteiger partial charge in [0.05, 0.1) is 0 Å². The Morgan fingerprint density at radius 3 is 2.79 bits per heavy atom. The summed E-state index contributed by atoms with van der Waals surface area (Å²) in [6.45, 7) is 9.89. The van der Waals surface area contributed by atoms with Gasteiger partial charge in [-0.2, -0.15) is 0 Å². The van der Waals surface area contributed by atoms with Crippen molar-refractivity contribution in [2.45, 2.75) is 64.6 Å². The molecule has 0 radical (unpaired) electrons. The summed E-state index contributed by atoms with van der Waals surface area (Å²) in [6.07, 6.45) is 4.38. The van der Waals surface area contributed by atoms with Crippen LogP contribution < -0.4 is 0 Å². The standard InChI is InChI=1S/C15H28N2O2/c1-4-14(19-5-2)15(18)17-11-13-8-6-7-9-16(13)10-12(17)3/h12-14H,4-11H2,1-3H3/t12-,13-,14+/m0/s1. The van der Waals surface area contributed by atoms with Crippen LogP contribution >= 0.6 is 0 Å². The van der Waals surface area contributed by atoms with Crippen molar-refractivity contribution < 1.29 is 9.53 Å². The van der Waals surface area contributed by atoms with Crippen molar-refractivity contribution in [1.29, 1.82) is 0 Å². The van der Waals surface area contributed by atoms with Crippen molar-refractivity contribution >= 4 is 5.91 Å². The fourth-order valence-corrected chi connectivity index (χ4v) is 3.41. The molecule has 110 valence electrons. The Labute approximate surface area is 117 Å².